The van der Waals surface area contributed by atoms with E-state index >= 15 is 0 Å². The number of nitrogen functional groups attached to an aromatic ring is 1. The zero-order valence-corrected chi connectivity index (χ0v) is 8.61. The number of aromatic hydroxyl groups is 1. The van der Waals surface area contributed by atoms with Crippen LogP contribution in [0.2, 0.25) is 0 Å². The molecule has 82 valence electrons. The second kappa shape index (κ2) is 4.54. The van der Waals surface area contributed by atoms with Crippen LogP contribution in [0.15, 0.2) is 12.1 Å². The third-order valence-electron chi connectivity index (χ3n) is 1.90. The van der Waals surface area contributed by atoms with Gasteiger partial charge in [-0.1, -0.05) is 0 Å². The van der Waals surface area contributed by atoms with Crippen molar-refractivity contribution in [2.45, 2.75) is 6.92 Å². The van der Waals surface area contributed by atoms with Crippen LogP contribution in [0.1, 0.15) is 17.3 Å². The van der Waals surface area contributed by atoms with E-state index in [-0.39, 0.29) is 29.4 Å². The molecule has 1 aromatic rings. The maximum atomic E-state index is 11.4. The van der Waals surface area contributed by atoms with Gasteiger partial charge >= 0.3 is 5.97 Å². The van der Waals surface area contributed by atoms with Crippen LogP contribution in [0.4, 0.5) is 5.69 Å². The second-order valence-corrected chi connectivity index (χ2v) is 2.80. The van der Waals surface area contributed by atoms with E-state index in [0.717, 1.165) is 0 Å². The molecular weight excluding hydrogens is 198 g/mol. The molecule has 0 aliphatic carbocycles. The summed E-state index contributed by atoms with van der Waals surface area (Å²) in [4.78, 5) is 11.4. The minimum atomic E-state index is -0.562. The smallest absolute Gasteiger partial charge is 0.340 e. The van der Waals surface area contributed by atoms with E-state index in [1.54, 1.807) is 6.92 Å². The fraction of sp³-hybridized carbons (Fsp3) is 0.300. The van der Waals surface area contributed by atoms with Gasteiger partial charge in [-0.2, -0.15) is 0 Å². The van der Waals surface area contributed by atoms with Crippen LogP contribution < -0.4 is 10.5 Å². The highest BCUT2D eigenvalue weighted by atomic mass is 16.5. The Morgan fingerprint density at radius 2 is 2.20 bits per heavy atom. The van der Waals surface area contributed by atoms with Crippen molar-refractivity contribution in [1.82, 2.24) is 0 Å². The van der Waals surface area contributed by atoms with Crippen molar-refractivity contribution in [2.24, 2.45) is 0 Å². The van der Waals surface area contributed by atoms with Crippen molar-refractivity contribution >= 4 is 11.7 Å². The summed E-state index contributed by atoms with van der Waals surface area (Å²) in [7, 11) is 1.40. The molecule has 0 radical (unpaired) electrons. The van der Waals surface area contributed by atoms with Gasteiger partial charge < -0.3 is 20.3 Å². The first-order valence-corrected chi connectivity index (χ1v) is 4.44. The molecule has 0 aliphatic rings. The van der Waals surface area contributed by atoms with E-state index in [1.165, 1.54) is 19.2 Å². The molecule has 0 unspecified atom stereocenters. The molecule has 1 rings (SSSR count). The van der Waals surface area contributed by atoms with Gasteiger partial charge in [0.1, 0.15) is 0 Å². The molecular formula is C10H13NO4. The van der Waals surface area contributed by atoms with E-state index in [9.17, 15) is 9.90 Å². The van der Waals surface area contributed by atoms with Crippen LogP contribution in [0.3, 0.4) is 0 Å². The first kappa shape index (κ1) is 11.2. The number of carbonyl (C=O) groups excluding carboxylic acids is 1. The van der Waals surface area contributed by atoms with Gasteiger partial charge in [0.15, 0.2) is 11.5 Å². The monoisotopic (exact) mass is 211 g/mol. The molecule has 0 aliphatic heterocycles. The van der Waals surface area contributed by atoms with Gasteiger partial charge in [0, 0.05) is 0 Å². The molecule has 0 amide bonds. The maximum Gasteiger partial charge on any atom is 0.340 e. The number of benzene rings is 1. The molecule has 5 heteroatoms. The summed E-state index contributed by atoms with van der Waals surface area (Å²) in [6.07, 6.45) is 0. The van der Waals surface area contributed by atoms with Gasteiger partial charge in [-0.3, -0.25) is 0 Å². The average molecular weight is 211 g/mol. The molecule has 0 aromatic heterocycles. The van der Waals surface area contributed by atoms with E-state index in [0.29, 0.717) is 0 Å². The van der Waals surface area contributed by atoms with Crippen molar-refractivity contribution in [3.05, 3.63) is 17.7 Å². The Labute approximate surface area is 87.4 Å². The lowest BCUT2D eigenvalue weighted by atomic mass is 10.1. The summed E-state index contributed by atoms with van der Waals surface area (Å²) in [5.74, 6) is -0.587. The Balaban J connectivity index is 3.11. The summed E-state index contributed by atoms with van der Waals surface area (Å²) < 4.78 is 9.60. The van der Waals surface area contributed by atoms with E-state index in [1.807, 2.05) is 0 Å². The summed E-state index contributed by atoms with van der Waals surface area (Å²) in [6.45, 7) is 1.95. The Morgan fingerprint density at radius 3 is 2.73 bits per heavy atom. The van der Waals surface area contributed by atoms with Gasteiger partial charge in [-0.25, -0.2) is 4.79 Å². The Kier molecular flexibility index (Phi) is 3.38. The second-order valence-electron chi connectivity index (χ2n) is 2.80. The minimum absolute atomic E-state index is 0.0344. The van der Waals surface area contributed by atoms with Crippen LogP contribution in [-0.2, 0) is 4.74 Å². The standard InChI is InChI=1S/C10H13NO4/c1-3-15-10(13)6-4-5-7(14-2)9(12)8(6)11/h4-5,12H,3,11H2,1-2H3. The minimum Gasteiger partial charge on any atom is -0.503 e. The van der Waals surface area contributed by atoms with Gasteiger partial charge in [-0.15, -0.1) is 0 Å². The number of hydrogen-bond acceptors (Lipinski definition) is 5. The molecule has 15 heavy (non-hydrogen) atoms. The predicted molar refractivity (Wildman–Crippen MR) is 55.0 cm³/mol. The quantitative estimate of drug-likeness (QED) is 0.445. The fourth-order valence-corrected chi connectivity index (χ4v) is 1.14. The topological polar surface area (TPSA) is 81.8 Å². The lowest BCUT2D eigenvalue weighted by Gasteiger charge is -2.09. The molecule has 1 aromatic carbocycles. The number of ether oxygens (including phenoxy) is 2. The van der Waals surface area contributed by atoms with Crippen molar-refractivity contribution in [3.63, 3.8) is 0 Å². The number of rotatable bonds is 3. The van der Waals surface area contributed by atoms with Gasteiger partial charge in [0.25, 0.3) is 0 Å². The van der Waals surface area contributed by atoms with Crippen LogP contribution in [0.5, 0.6) is 11.5 Å². The van der Waals surface area contributed by atoms with Crippen molar-refractivity contribution in [3.8, 4) is 11.5 Å². The lowest BCUT2D eigenvalue weighted by Crippen LogP contribution is -2.08. The molecule has 0 saturated heterocycles. The Morgan fingerprint density at radius 1 is 1.53 bits per heavy atom. The highest BCUT2D eigenvalue weighted by molar-refractivity contribution is 5.97. The summed E-state index contributed by atoms with van der Waals surface area (Å²) in [5.41, 5.74) is 5.66. The SMILES string of the molecule is CCOC(=O)c1ccc(OC)c(O)c1N. The number of phenols is 1. The van der Waals surface area contributed by atoms with Crippen molar-refractivity contribution < 1.29 is 19.4 Å². The molecule has 0 spiro atoms. The van der Waals surface area contributed by atoms with Gasteiger partial charge in [-0.05, 0) is 19.1 Å². The molecule has 5 nitrogen and oxygen atoms in total. The zero-order chi connectivity index (χ0) is 11.4. The van der Waals surface area contributed by atoms with Gasteiger partial charge in [0.05, 0.1) is 25.0 Å². The van der Waals surface area contributed by atoms with E-state index in [4.69, 9.17) is 15.2 Å². The molecule has 0 fully saturated rings. The molecule has 3 N–H and O–H groups in total. The van der Waals surface area contributed by atoms with E-state index < -0.39 is 5.97 Å². The molecule has 0 heterocycles. The fourth-order valence-electron chi connectivity index (χ4n) is 1.14. The Bertz CT molecular complexity index is 376. The summed E-state index contributed by atoms with van der Waals surface area (Å²) in [6, 6.07) is 2.91. The predicted octanol–water partition coefficient (Wildman–Crippen LogP) is 1.16. The average Bonchev–Trinajstić information content (AvgIpc) is 2.22. The number of methoxy groups -OCH3 is 1. The first-order chi connectivity index (χ1) is 7.11. The lowest BCUT2D eigenvalue weighted by molar-refractivity contribution is 0.0527. The van der Waals surface area contributed by atoms with Crippen LogP contribution in [0.25, 0.3) is 0 Å². The molecule has 0 saturated carbocycles. The normalized spacial score (nSPS) is 9.73. The summed E-state index contributed by atoms with van der Waals surface area (Å²) in [5, 5.41) is 9.54. The third-order valence-corrected chi connectivity index (χ3v) is 1.90. The number of hydrogen-bond donors (Lipinski definition) is 2. The first-order valence-electron chi connectivity index (χ1n) is 4.44. The number of phenolic OH excluding ortho intramolecular Hbond substituents is 1. The van der Waals surface area contributed by atoms with Crippen LogP contribution >= 0.6 is 0 Å². The number of anilines is 1. The van der Waals surface area contributed by atoms with Crippen molar-refractivity contribution in [1.29, 1.82) is 0 Å². The van der Waals surface area contributed by atoms with E-state index in [2.05, 4.69) is 0 Å². The molecule has 0 bridgehead atoms. The van der Waals surface area contributed by atoms with Crippen molar-refractivity contribution in [2.75, 3.05) is 19.5 Å². The number of esters is 1. The zero-order valence-electron chi connectivity index (χ0n) is 8.61. The number of carbonyl (C=O) groups is 1. The van der Waals surface area contributed by atoms with Gasteiger partial charge in [0.2, 0.25) is 0 Å². The highest BCUT2D eigenvalue weighted by Gasteiger charge is 2.16. The van der Waals surface area contributed by atoms with Crippen LogP contribution in [-0.4, -0.2) is 24.8 Å². The number of nitrogens with two attached hydrogens (primary N) is 1. The highest BCUT2D eigenvalue weighted by Crippen LogP contribution is 2.34. The molecule has 0 atom stereocenters. The largest absolute Gasteiger partial charge is 0.503 e. The Hall–Kier alpha value is -1.91. The third kappa shape index (κ3) is 2.12. The summed E-state index contributed by atoms with van der Waals surface area (Å²) >= 11 is 0. The van der Waals surface area contributed by atoms with Crippen LogP contribution in [0, 0.1) is 0 Å². The maximum absolute atomic E-state index is 11.4.